The second-order valence-corrected chi connectivity index (χ2v) is 5.18. The molecule has 0 atom stereocenters. The van der Waals surface area contributed by atoms with Gasteiger partial charge in [-0.05, 0) is 41.0 Å². The van der Waals surface area contributed by atoms with Crippen LogP contribution in [0, 0.1) is 3.57 Å². The third kappa shape index (κ3) is 2.80. The maximum atomic E-state index is 5.72. The van der Waals surface area contributed by atoms with E-state index >= 15 is 0 Å². The number of benzene rings is 1. The van der Waals surface area contributed by atoms with Crippen molar-refractivity contribution in [3.8, 4) is 11.3 Å². The van der Waals surface area contributed by atoms with Gasteiger partial charge >= 0.3 is 0 Å². The zero-order chi connectivity index (χ0) is 12.3. The van der Waals surface area contributed by atoms with Crippen molar-refractivity contribution < 1.29 is 0 Å². The quantitative estimate of drug-likeness (QED) is 0.835. The summed E-state index contributed by atoms with van der Waals surface area (Å²) in [7, 11) is 0. The summed E-state index contributed by atoms with van der Waals surface area (Å²) in [6, 6.07) is 8.61. The summed E-state index contributed by atoms with van der Waals surface area (Å²) in [4.78, 5) is 0. The van der Waals surface area contributed by atoms with E-state index in [1.54, 1.807) is 0 Å². The molecular formula is C13H16IN3. The van der Waals surface area contributed by atoms with E-state index in [9.17, 15) is 0 Å². The van der Waals surface area contributed by atoms with Crippen LogP contribution < -0.4 is 5.73 Å². The molecule has 0 bridgehead atoms. The Bertz CT molecular complexity index is 488. The third-order valence-electron chi connectivity index (χ3n) is 2.79. The summed E-state index contributed by atoms with van der Waals surface area (Å²) >= 11 is 2.22. The number of nitrogens with one attached hydrogen (secondary N) is 1. The van der Waals surface area contributed by atoms with Gasteiger partial charge in [-0.25, -0.2) is 0 Å². The molecule has 0 spiro atoms. The highest BCUT2D eigenvalue weighted by molar-refractivity contribution is 14.1. The maximum absolute atomic E-state index is 5.72. The number of hydrogen-bond acceptors (Lipinski definition) is 2. The van der Waals surface area contributed by atoms with Crippen molar-refractivity contribution in [1.82, 2.24) is 10.2 Å². The van der Waals surface area contributed by atoms with E-state index < -0.39 is 0 Å². The van der Waals surface area contributed by atoms with E-state index in [2.05, 4.69) is 64.0 Å². The molecule has 90 valence electrons. The van der Waals surface area contributed by atoms with E-state index in [1.807, 2.05) is 0 Å². The van der Waals surface area contributed by atoms with Crippen LogP contribution in [0.4, 0.5) is 5.82 Å². The number of hydrogen-bond donors (Lipinski definition) is 2. The number of nitrogens with zero attached hydrogens (tertiary/aromatic N) is 1. The van der Waals surface area contributed by atoms with Crippen molar-refractivity contribution in [3.05, 3.63) is 33.4 Å². The topological polar surface area (TPSA) is 54.7 Å². The molecule has 0 fully saturated rings. The average molecular weight is 341 g/mol. The first-order chi connectivity index (χ1) is 8.22. The van der Waals surface area contributed by atoms with E-state index in [-0.39, 0.29) is 0 Å². The predicted octanol–water partition coefficient (Wildman–Crippen LogP) is 3.61. The average Bonchev–Trinajstić information content (AvgIpc) is 2.68. The van der Waals surface area contributed by atoms with Crippen LogP contribution in [0.1, 0.15) is 25.3 Å². The van der Waals surface area contributed by atoms with Gasteiger partial charge in [0.05, 0.1) is 9.26 Å². The van der Waals surface area contributed by atoms with Crippen LogP contribution in [0.15, 0.2) is 24.3 Å². The number of nitrogens with two attached hydrogens (primary N) is 1. The number of aromatic nitrogens is 2. The molecule has 17 heavy (non-hydrogen) atoms. The van der Waals surface area contributed by atoms with Crippen LogP contribution in [0.3, 0.4) is 0 Å². The zero-order valence-corrected chi connectivity index (χ0v) is 12.0. The van der Waals surface area contributed by atoms with Crippen molar-refractivity contribution in [3.63, 3.8) is 0 Å². The SMILES string of the molecule is CCCCc1ccc(-c2[nH]nc(N)c2I)cc1. The Morgan fingerprint density at radius 3 is 2.53 bits per heavy atom. The normalized spacial score (nSPS) is 10.7. The summed E-state index contributed by atoms with van der Waals surface area (Å²) in [6.07, 6.45) is 3.63. The molecule has 2 rings (SSSR count). The molecule has 0 aliphatic carbocycles. The Morgan fingerprint density at radius 2 is 2.00 bits per heavy atom. The highest BCUT2D eigenvalue weighted by Crippen LogP contribution is 2.26. The number of H-pyrrole nitrogens is 1. The zero-order valence-electron chi connectivity index (χ0n) is 9.83. The second-order valence-electron chi connectivity index (χ2n) is 4.10. The van der Waals surface area contributed by atoms with Crippen molar-refractivity contribution in [2.24, 2.45) is 0 Å². The van der Waals surface area contributed by atoms with Crippen LogP contribution >= 0.6 is 22.6 Å². The Hall–Kier alpha value is -1.04. The summed E-state index contributed by atoms with van der Waals surface area (Å²) in [5.41, 5.74) is 9.25. The molecule has 0 aliphatic rings. The predicted molar refractivity (Wildman–Crippen MR) is 79.8 cm³/mol. The van der Waals surface area contributed by atoms with Gasteiger partial charge in [0.2, 0.25) is 0 Å². The highest BCUT2D eigenvalue weighted by atomic mass is 127. The minimum absolute atomic E-state index is 0.565. The fraction of sp³-hybridized carbons (Fsp3) is 0.308. The van der Waals surface area contributed by atoms with Crippen molar-refractivity contribution in [2.45, 2.75) is 26.2 Å². The minimum Gasteiger partial charge on any atom is -0.381 e. The minimum atomic E-state index is 0.565. The molecule has 0 aliphatic heterocycles. The van der Waals surface area contributed by atoms with E-state index in [1.165, 1.54) is 18.4 Å². The first-order valence-corrected chi connectivity index (χ1v) is 6.89. The van der Waals surface area contributed by atoms with Crippen molar-refractivity contribution in [1.29, 1.82) is 0 Å². The van der Waals surface area contributed by atoms with Crippen molar-refractivity contribution >= 4 is 28.4 Å². The summed E-state index contributed by atoms with van der Waals surface area (Å²) in [5, 5.41) is 6.98. The van der Waals surface area contributed by atoms with Crippen LogP contribution in [-0.4, -0.2) is 10.2 Å². The lowest BCUT2D eigenvalue weighted by Crippen LogP contribution is -1.87. The number of rotatable bonds is 4. The van der Waals surface area contributed by atoms with Gasteiger partial charge in [-0.3, -0.25) is 5.10 Å². The molecule has 0 radical (unpaired) electrons. The van der Waals surface area contributed by atoms with Gasteiger partial charge in [0.1, 0.15) is 0 Å². The lowest BCUT2D eigenvalue weighted by atomic mass is 10.1. The number of aryl methyl sites for hydroxylation is 1. The van der Waals surface area contributed by atoms with Gasteiger partial charge in [0.15, 0.2) is 5.82 Å². The van der Waals surface area contributed by atoms with E-state index in [0.717, 1.165) is 21.2 Å². The molecule has 1 aromatic carbocycles. The van der Waals surface area contributed by atoms with E-state index in [0.29, 0.717) is 5.82 Å². The molecule has 0 saturated carbocycles. The second kappa shape index (κ2) is 5.53. The highest BCUT2D eigenvalue weighted by Gasteiger charge is 2.09. The van der Waals surface area contributed by atoms with Gasteiger partial charge < -0.3 is 5.73 Å². The summed E-state index contributed by atoms with van der Waals surface area (Å²) in [6.45, 7) is 2.21. The van der Waals surface area contributed by atoms with Crippen LogP contribution in [-0.2, 0) is 6.42 Å². The van der Waals surface area contributed by atoms with E-state index in [4.69, 9.17) is 5.73 Å². The van der Waals surface area contributed by atoms with Crippen LogP contribution in [0.2, 0.25) is 0 Å². The molecule has 1 aromatic heterocycles. The molecule has 3 nitrogen and oxygen atoms in total. The lowest BCUT2D eigenvalue weighted by molar-refractivity contribution is 0.795. The van der Waals surface area contributed by atoms with Crippen molar-refractivity contribution in [2.75, 3.05) is 5.73 Å². The first-order valence-electron chi connectivity index (χ1n) is 5.81. The van der Waals surface area contributed by atoms with Crippen LogP contribution in [0.25, 0.3) is 11.3 Å². The summed E-state index contributed by atoms with van der Waals surface area (Å²) < 4.78 is 0.990. The molecule has 4 heteroatoms. The fourth-order valence-electron chi connectivity index (χ4n) is 1.75. The lowest BCUT2D eigenvalue weighted by Gasteiger charge is -2.02. The first kappa shape index (κ1) is 12.4. The van der Waals surface area contributed by atoms with Gasteiger partial charge in [-0.15, -0.1) is 0 Å². The molecule has 3 N–H and O–H groups in total. The number of nitrogen functional groups attached to an aromatic ring is 1. The summed E-state index contributed by atoms with van der Waals surface area (Å²) in [5.74, 6) is 0.565. The number of aromatic amines is 1. The Balaban J connectivity index is 2.20. The number of anilines is 1. The van der Waals surface area contributed by atoms with Gasteiger partial charge in [-0.2, -0.15) is 5.10 Å². The van der Waals surface area contributed by atoms with Gasteiger partial charge in [-0.1, -0.05) is 37.6 Å². The molecule has 1 heterocycles. The maximum Gasteiger partial charge on any atom is 0.159 e. The standard InChI is InChI=1S/C13H16IN3/c1-2-3-4-9-5-7-10(8-6-9)12-11(14)13(15)17-16-12/h5-8H,2-4H2,1H3,(H3,15,16,17). The Morgan fingerprint density at radius 1 is 1.29 bits per heavy atom. The molecular weight excluding hydrogens is 325 g/mol. The number of unbranched alkanes of at least 4 members (excludes halogenated alkanes) is 1. The molecule has 2 aromatic rings. The van der Waals surface area contributed by atoms with Crippen LogP contribution in [0.5, 0.6) is 0 Å². The monoisotopic (exact) mass is 341 g/mol. The number of halogens is 1. The molecule has 0 saturated heterocycles. The van der Waals surface area contributed by atoms with Gasteiger partial charge in [0, 0.05) is 5.56 Å². The fourth-order valence-corrected chi connectivity index (χ4v) is 2.31. The smallest absolute Gasteiger partial charge is 0.159 e. The molecule has 0 unspecified atom stereocenters. The molecule has 0 amide bonds. The Labute approximate surface area is 115 Å². The third-order valence-corrected chi connectivity index (χ3v) is 3.89. The Kier molecular flexibility index (Phi) is 4.04. The van der Waals surface area contributed by atoms with Gasteiger partial charge in [0.25, 0.3) is 0 Å². The largest absolute Gasteiger partial charge is 0.381 e.